The molecule has 0 aliphatic heterocycles. The molecule has 1 amide bonds. The Balaban J connectivity index is 2.19. The number of pyridine rings is 1. The second-order valence-corrected chi connectivity index (χ2v) is 4.87. The van der Waals surface area contributed by atoms with Gasteiger partial charge in [0.1, 0.15) is 11.8 Å². The lowest BCUT2D eigenvalue weighted by Crippen LogP contribution is -2.32. The van der Waals surface area contributed by atoms with Crippen molar-refractivity contribution in [3.63, 3.8) is 0 Å². The summed E-state index contributed by atoms with van der Waals surface area (Å²) in [6, 6.07) is 10.6. The molecule has 2 rings (SSSR count). The Morgan fingerprint density at radius 3 is 2.71 bits per heavy atom. The molecule has 110 valence electrons. The fraction of sp³-hybridized carbons (Fsp3) is 0.250. The number of anilines is 1. The van der Waals surface area contributed by atoms with E-state index in [2.05, 4.69) is 10.3 Å². The van der Waals surface area contributed by atoms with Gasteiger partial charge in [-0.15, -0.1) is 0 Å². The van der Waals surface area contributed by atoms with Gasteiger partial charge in [-0.05, 0) is 37.9 Å². The molecular formula is C16H19N3O2. The van der Waals surface area contributed by atoms with Crippen LogP contribution in [0.1, 0.15) is 11.6 Å². The van der Waals surface area contributed by atoms with Gasteiger partial charge in [0.05, 0.1) is 7.11 Å². The molecule has 0 aliphatic carbocycles. The minimum atomic E-state index is -0.398. The second kappa shape index (κ2) is 6.85. The summed E-state index contributed by atoms with van der Waals surface area (Å²) in [4.78, 5) is 18.5. The van der Waals surface area contributed by atoms with Gasteiger partial charge in [0, 0.05) is 24.1 Å². The van der Waals surface area contributed by atoms with Crippen LogP contribution >= 0.6 is 0 Å². The van der Waals surface area contributed by atoms with E-state index < -0.39 is 6.04 Å². The molecular weight excluding hydrogens is 266 g/mol. The largest absolute Gasteiger partial charge is 0.497 e. The minimum Gasteiger partial charge on any atom is -0.497 e. The highest BCUT2D eigenvalue weighted by atomic mass is 16.5. The molecule has 0 saturated carbocycles. The number of aromatic nitrogens is 1. The number of hydrogen-bond acceptors (Lipinski definition) is 4. The fourth-order valence-corrected chi connectivity index (χ4v) is 2.13. The van der Waals surface area contributed by atoms with Gasteiger partial charge >= 0.3 is 0 Å². The van der Waals surface area contributed by atoms with Crippen molar-refractivity contribution in [2.45, 2.75) is 6.04 Å². The van der Waals surface area contributed by atoms with Crippen LogP contribution in [0, 0.1) is 0 Å². The molecule has 5 heteroatoms. The van der Waals surface area contributed by atoms with Gasteiger partial charge in [-0.25, -0.2) is 0 Å². The maximum Gasteiger partial charge on any atom is 0.246 e. The number of nitrogens with zero attached hydrogens (tertiary/aromatic N) is 2. The third-order valence-corrected chi connectivity index (χ3v) is 3.10. The zero-order valence-electron chi connectivity index (χ0n) is 12.4. The van der Waals surface area contributed by atoms with Crippen molar-refractivity contribution in [2.75, 3.05) is 26.5 Å². The Labute approximate surface area is 124 Å². The van der Waals surface area contributed by atoms with E-state index in [9.17, 15) is 4.79 Å². The van der Waals surface area contributed by atoms with E-state index in [4.69, 9.17) is 4.74 Å². The first-order chi connectivity index (χ1) is 10.1. The molecule has 0 radical (unpaired) electrons. The summed E-state index contributed by atoms with van der Waals surface area (Å²) in [5, 5.41) is 2.91. The molecule has 1 atom stereocenters. The Hall–Kier alpha value is -2.40. The SMILES string of the molecule is COc1cccc(NC(=O)C(c2cccnc2)N(C)C)c1. The van der Waals surface area contributed by atoms with Crippen LogP contribution in [-0.4, -0.2) is 37.0 Å². The van der Waals surface area contributed by atoms with Gasteiger partial charge < -0.3 is 10.1 Å². The lowest BCUT2D eigenvalue weighted by Gasteiger charge is -2.23. The number of hydrogen-bond donors (Lipinski definition) is 1. The van der Waals surface area contributed by atoms with Crippen molar-refractivity contribution in [1.82, 2.24) is 9.88 Å². The molecule has 21 heavy (non-hydrogen) atoms. The summed E-state index contributed by atoms with van der Waals surface area (Å²) in [7, 11) is 5.32. The van der Waals surface area contributed by atoms with Gasteiger partial charge in [-0.1, -0.05) is 12.1 Å². The van der Waals surface area contributed by atoms with Gasteiger partial charge in [0.25, 0.3) is 0 Å². The Bertz CT molecular complexity index is 599. The molecule has 0 fully saturated rings. The highest BCUT2D eigenvalue weighted by molar-refractivity contribution is 5.95. The van der Waals surface area contributed by atoms with Gasteiger partial charge in [0.2, 0.25) is 5.91 Å². The van der Waals surface area contributed by atoms with Crippen LogP contribution < -0.4 is 10.1 Å². The summed E-state index contributed by atoms with van der Waals surface area (Å²) >= 11 is 0. The van der Waals surface area contributed by atoms with Crippen molar-refractivity contribution in [2.24, 2.45) is 0 Å². The summed E-state index contributed by atoms with van der Waals surface area (Å²) in [5.74, 6) is 0.594. The molecule has 0 spiro atoms. The number of methoxy groups -OCH3 is 1. The Morgan fingerprint density at radius 2 is 2.10 bits per heavy atom. The highest BCUT2D eigenvalue weighted by Crippen LogP contribution is 2.21. The van der Waals surface area contributed by atoms with Gasteiger partial charge in [-0.2, -0.15) is 0 Å². The molecule has 0 bridgehead atoms. The average molecular weight is 285 g/mol. The van der Waals surface area contributed by atoms with Crippen LogP contribution in [0.2, 0.25) is 0 Å². The number of amides is 1. The normalized spacial score (nSPS) is 12.0. The van der Waals surface area contributed by atoms with Gasteiger partial charge in [0.15, 0.2) is 0 Å². The number of carbonyl (C=O) groups excluding carboxylic acids is 1. The molecule has 2 aromatic rings. The first-order valence-electron chi connectivity index (χ1n) is 6.63. The quantitative estimate of drug-likeness (QED) is 0.916. The molecule has 1 N–H and O–H groups in total. The number of carbonyl (C=O) groups is 1. The van der Waals surface area contributed by atoms with E-state index in [1.807, 2.05) is 49.3 Å². The van der Waals surface area contributed by atoms with E-state index in [1.54, 1.807) is 25.6 Å². The molecule has 5 nitrogen and oxygen atoms in total. The zero-order chi connectivity index (χ0) is 15.2. The van der Waals surface area contributed by atoms with Crippen LogP contribution in [0.3, 0.4) is 0 Å². The third kappa shape index (κ3) is 3.79. The van der Waals surface area contributed by atoms with Crippen molar-refractivity contribution >= 4 is 11.6 Å². The summed E-state index contributed by atoms with van der Waals surface area (Å²) < 4.78 is 5.16. The van der Waals surface area contributed by atoms with Crippen molar-refractivity contribution < 1.29 is 9.53 Å². The molecule has 1 aromatic heterocycles. The Morgan fingerprint density at radius 1 is 1.29 bits per heavy atom. The number of nitrogens with one attached hydrogen (secondary N) is 1. The monoisotopic (exact) mass is 285 g/mol. The lowest BCUT2D eigenvalue weighted by molar-refractivity contribution is -0.120. The standard InChI is InChI=1S/C16H19N3O2/c1-19(2)15(12-6-5-9-17-11-12)16(20)18-13-7-4-8-14(10-13)21-3/h4-11,15H,1-3H3,(H,18,20). The first-order valence-corrected chi connectivity index (χ1v) is 6.63. The van der Waals surface area contributed by atoms with Crippen LogP contribution in [-0.2, 0) is 4.79 Å². The third-order valence-electron chi connectivity index (χ3n) is 3.10. The van der Waals surface area contributed by atoms with Crippen LogP contribution in [0.4, 0.5) is 5.69 Å². The number of likely N-dealkylation sites (N-methyl/N-ethyl adjacent to an activating group) is 1. The predicted octanol–water partition coefficient (Wildman–Crippen LogP) is 2.33. The van der Waals surface area contributed by atoms with Crippen molar-refractivity contribution in [3.05, 3.63) is 54.4 Å². The highest BCUT2D eigenvalue weighted by Gasteiger charge is 2.23. The summed E-state index contributed by atoms with van der Waals surface area (Å²) in [5.41, 5.74) is 1.55. The smallest absolute Gasteiger partial charge is 0.246 e. The lowest BCUT2D eigenvalue weighted by atomic mass is 10.1. The maximum atomic E-state index is 12.5. The average Bonchev–Trinajstić information content (AvgIpc) is 2.48. The first kappa shape index (κ1) is 15.0. The fourth-order valence-electron chi connectivity index (χ4n) is 2.13. The zero-order valence-corrected chi connectivity index (χ0v) is 12.4. The van der Waals surface area contributed by atoms with E-state index in [-0.39, 0.29) is 5.91 Å². The summed E-state index contributed by atoms with van der Waals surface area (Å²) in [6.45, 7) is 0. The van der Waals surface area contributed by atoms with E-state index >= 15 is 0 Å². The van der Waals surface area contributed by atoms with Crippen molar-refractivity contribution in [3.8, 4) is 5.75 Å². The number of rotatable bonds is 5. The molecule has 0 saturated heterocycles. The molecule has 1 unspecified atom stereocenters. The maximum absolute atomic E-state index is 12.5. The van der Waals surface area contributed by atoms with Crippen LogP contribution in [0.5, 0.6) is 5.75 Å². The summed E-state index contributed by atoms with van der Waals surface area (Å²) in [6.07, 6.45) is 3.39. The minimum absolute atomic E-state index is 0.110. The number of benzene rings is 1. The topological polar surface area (TPSA) is 54.5 Å². The second-order valence-electron chi connectivity index (χ2n) is 4.87. The van der Waals surface area contributed by atoms with E-state index in [0.717, 1.165) is 5.56 Å². The molecule has 1 heterocycles. The predicted molar refractivity (Wildman–Crippen MR) is 82.3 cm³/mol. The van der Waals surface area contributed by atoms with Crippen LogP contribution in [0.25, 0.3) is 0 Å². The van der Waals surface area contributed by atoms with E-state index in [0.29, 0.717) is 11.4 Å². The van der Waals surface area contributed by atoms with Crippen molar-refractivity contribution in [1.29, 1.82) is 0 Å². The van der Waals surface area contributed by atoms with Gasteiger partial charge in [-0.3, -0.25) is 14.7 Å². The number of ether oxygens (including phenoxy) is 1. The molecule has 1 aromatic carbocycles. The molecule has 0 aliphatic rings. The van der Waals surface area contributed by atoms with E-state index in [1.165, 1.54) is 0 Å². The Kier molecular flexibility index (Phi) is 4.90. The van der Waals surface area contributed by atoms with Crippen LogP contribution in [0.15, 0.2) is 48.8 Å².